The molecule has 0 aliphatic carbocycles. The molecule has 2 N–H and O–H groups in total. The number of benzene rings is 1. The third-order valence-electron chi connectivity index (χ3n) is 3.12. The maximum Gasteiger partial charge on any atom is 0.0706 e. The average molecular weight is 265 g/mol. The van der Waals surface area contributed by atoms with E-state index in [1.807, 2.05) is 18.2 Å². The van der Waals surface area contributed by atoms with Gasteiger partial charge in [0.1, 0.15) is 0 Å². The number of hydrogen-bond donors (Lipinski definition) is 1. The summed E-state index contributed by atoms with van der Waals surface area (Å²) in [4.78, 5) is 4.63. The monoisotopic (exact) mass is 264 g/mol. The summed E-state index contributed by atoms with van der Waals surface area (Å²) < 4.78 is 0. The van der Waals surface area contributed by atoms with E-state index in [0.717, 1.165) is 17.6 Å². The van der Waals surface area contributed by atoms with Crippen LogP contribution in [0.4, 0.5) is 0 Å². The molecule has 0 spiro atoms. The van der Waals surface area contributed by atoms with E-state index < -0.39 is 0 Å². The van der Waals surface area contributed by atoms with Crippen LogP contribution in [0, 0.1) is 0 Å². The fraction of sp³-hybridized carbons (Fsp3) is 0.400. The second-order valence-electron chi connectivity index (χ2n) is 4.53. The number of halogens is 1. The molecule has 0 radical (unpaired) electrons. The van der Waals surface area contributed by atoms with Gasteiger partial charge in [-0.1, -0.05) is 50.5 Å². The predicted octanol–water partition coefficient (Wildman–Crippen LogP) is 4.24. The van der Waals surface area contributed by atoms with Gasteiger partial charge in [0.15, 0.2) is 0 Å². The number of rotatable bonds is 5. The van der Waals surface area contributed by atoms with Crippen LogP contribution in [0.15, 0.2) is 36.4 Å². The third-order valence-corrected chi connectivity index (χ3v) is 3.12. The molecule has 0 aliphatic rings. The third kappa shape index (κ3) is 3.69. The van der Waals surface area contributed by atoms with E-state index in [9.17, 15) is 0 Å². The van der Waals surface area contributed by atoms with Gasteiger partial charge in [-0.2, -0.15) is 0 Å². The lowest BCUT2D eigenvalue weighted by Gasteiger charge is -2.11. The van der Waals surface area contributed by atoms with E-state index in [2.05, 4.69) is 30.1 Å². The Morgan fingerprint density at radius 3 is 2.67 bits per heavy atom. The van der Waals surface area contributed by atoms with Crippen molar-refractivity contribution >= 4 is 23.3 Å². The van der Waals surface area contributed by atoms with Crippen LogP contribution in [-0.2, 0) is 0 Å². The minimum absolute atomic E-state index is 0. The van der Waals surface area contributed by atoms with Crippen LogP contribution in [0.25, 0.3) is 10.9 Å². The smallest absolute Gasteiger partial charge is 0.0706 e. The molecule has 1 aromatic heterocycles. The van der Waals surface area contributed by atoms with E-state index in [1.165, 1.54) is 24.6 Å². The number of aromatic nitrogens is 1. The molecule has 2 nitrogen and oxygen atoms in total. The number of para-hydroxylation sites is 1. The average Bonchev–Trinajstić information content (AvgIpc) is 2.38. The Bertz CT molecular complexity index is 485. The van der Waals surface area contributed by atoms with E-state index in [-0.39, 0.29) is 18.4 Å². The van der Waals surface area contributed by atoms with Gasteiger partial charge in [-0.05, 0) is 18.6 Å². The summed E-state index contributed by atoms with van der Waals surface area (Å²) in [5.74, 6) is 0. The molecule has 2 rings (SSSR count). The van der Waals surface area contributed by atoms with Gasteiger partial charge in [-0.15, -0.1) is 12.4 Å². The normalized spacial score (nSPS) is 12.1. The molecular formula is C15H21ClN2. The van der Waals surface area contributed by atoms with Crippen LogP contribution in [-0.4, -0.2) is 4.98 Å². The summed E-state index contributed by atoms with van der Waals surface area (Å²) in [6.45, 7) is 2.21. The Labute approximate surface area is 115 Å². The summed E-state index contributed by atoms with van der Waals surface area (Å²) in [6, 6.07) is 12.4. The van der Waals surface area contributed by atoms with Gasteiger partial charge in [0.25, 0.3) is 0 Å². The van der Waals surface area contributed by atoms with Crippen molar-refractivity contribution in [2.45, 2.75) is 38.6 Å². The van der Waals surface area contributed by atoms with E-state index >= 15 is 0 Å². The van der Waals surface area contributed by atoms with Crippen molar-refractivity contribution in [3.63, 3.8) is 0 Å². The molecule has 98 valence electrons. The summed E-state index contributed by atoms with van der Waals surface area (Å²) in [5, 5.41) is 1.18. The molecule has 1 heterocycles. The van der Waals surface area contributed by atoms with E-state index in [4.69, 9.17) is 5.73 Å². The maximum atomic E-state index is 6.16. The van der Waals surface area contributed by atoms with Crippen LogP contribution < -0.4 is 5.73 Å². The van der Waals surface area contributed by atoms with E-state index in [0.29, 0.717) is 0 Å². The summed E-state index contributed by atoms with van der Waals surface area (Å²) in [5.41, 5.74) is 8.22. The molecule has 2 aromatic rings. The first kappa shape index (κ1) is 14.9. The Morgan fingerprint density at radius 1 is 1.11 bits per heavy atom. The lowest BCUT2D eigenvalue weighted by molar-refractivity contribution is 0.572. The van der Waals surface area contributed by atoms with Gasteiger partial charge in [0, 0.05) is 11.4 Å². The Kier molecular flexibility index (Phi) is 6.10. The van der Waals surface area contributed by atoms with Crippen LogP contribution in [0.1, 0.15) is 44.3 Å². The highest BCUT2D eigenvalue weighted by Gasteiger charge is 2.07. The first-order chi connectivity index (χ1) is 8.31. The maximum absolute atomic E-state index is 6.16. The molecule has 18 heavy (non-hydrogen) atoms. The molecule has 0 unspecified atom stereocenters. The zero-order chi connectivity index (χ0) is 12.1. The van der Waals surface area contributed by atoms with Gasteiger partial charge in [-0.3, -0.25) is 4.98 Å². The zero-order valence-corrected chi connectivity index (χ0v) is 11.6. The van der Waals surface area contributed by atoms with Gasteiger partial charge in [0.05, 0.1) is 11.2 Å². The van der Waals surface area contributed by atoms with Crippen LogP contribution in [0.5, 0.6) is 0 Å². The lowest BCUT2D eigenvalue weighted by atomic mass is 10.0. The highest BCUT2D eigenvalue weighted by molar-refractivity contribution is 5.85. The number of fused-ring (bicyclic) bond motifs is 1. The molecule has 3 heteroatoms. The predicted molar refractivity (Wildman–Crippen MR) is 80.1 cm³/mol. The summed E-state index contributed by atoms with van der Waals surface area (Å²) in [7, 11) is 0. The number of pyridine rings is 1. The van der Waals surface area contributed by atoms with Crippen molar-refractivity contribution in [2.75, 3.05) is 0 Å². The molecule has 0 bridgehead atoms. The molecule has 0 saturated carbocycles. The highest BCUT2D eigenvalue weighted by Crippen LogP contribution is 2.19. The standard InChI is InChI=1S/C15H20N2.ClH/c1-2-3-4-8-13(16)15-11-10-12-7-5-6-9-14(12)17-15;/h5-7,9-11,13H,2-4,8,16H2,1H3;1H/t13-;/m1./s1. The van der Waals surface area contributed by atoms with Gasteiger partial charge in [0.2, 0.25) is 0 Å². The quantitative estimate of drug-likeness (QED) is 0.821. The van der Waals surface area contributed by atoms with E-state index in [1.54, 1.807) is 0 Å². The molecule has 1 atom stereocenters. The Morgan fingerprint density at radius 2 is 1.89 bits per heavy atom. The topological polar surface area (TPSA) is 38.9 Å². The molecule has 1 aromatic carbocycles. The molecule has 0 saturated heterocycles. The zero-order valence-electron chi connectivity index (χ0n) is 10.8. The first-order valence-corrected chi connectivity index (χ1v) is 6.42. The van der Waals surface area contributed by atoms with Crippen molar-refractivity contribution < 1.29 is 0 Å². The minimum atomic E-state index is 0. The number of nitrogens with two attached hydrogens (primary N) is 1. The van der Waals surface area contributed by atoms with Crippen molar-refractivity contribution in [3.8, 4) is 0 Å². The van der Waals surface area contributed by atoms with Gasteiger partial charge >= 0.3 is 0 Å². The summed E-state index contributed by atoms with van der Waals surface area (Å²) in [6.07, 6.45) is 4.70. The van der Waals surface area contributed by atoms with Gasteiger partial charge in [-0.25, -0.2) is 0 Å². The van der Waals surface area contributed by atoms with Crippen LogP contribution in [0.2, 0.25) is 0 Å². The Hall–Kier alpha value is -1.12. The van der Waals surface area contributed by atoms with Crippen LogP contribution in [0.3, 0.4) is 0 Å². The van der Waals surface area contributed by atoms with Crippen molar-refractivity contribution in [1.82, 2.24) is 4.98 Å². The number of hydrogen-bond acceptors (Lipinski definition) is 2. The second-order valence-corrected chi connectivity index (χ2v) is 4.53. The first-order valence-electron chi connectivity index (χ1n) is 6.42. The van der Waals surface area contributed by atoms with Crippen molar-refractivity contribution in [3.05, 3.63) is 42.1 Å². The van der Waals surface area contributed by atoms with Crippen molar-refractivity contribution in [2.24, 2.45) is 5.73 Å². The van der Waals surface area contributed by atoms with Gasteiger partial charge < -0.3 is 5.73 Å². The molecular weight excluding hydrogens is 244 g/mol. The lowest BCUT2D eigenvalue weighted by Crippen LogP contribution is -2.11. The molecule has 0 fully saturated rings. The highest BCUT2D eigenvalue weighted by atomic mass is 35.5. The van der Waals surface area contributed by atoms with Crippen molar-refractivity contribution in [1.29, 1.82) is 0 Å². The fourth-order valence-corrected chi connectivity index (χ4v) is 2.05. The number of nitrogens with zero attached hydrogens (tertiary/aromatic N) is 1. The SMILES string of the molecule is CCCCC[C@@H](N)c1ccc2ccccc2n1.Cl. The second kappa shape index (κ2) is 7.34. The fourth-order valence-electron chi connectivity index (χ4n) is 2.05. The number of unbranched alkanes of at least 4 members (excludes halogenated alkanes) is 2. The largest absolute Gasteiger partial charge is 0.323 e. The Balaban J connectivity index is 0.00000162. The van der Waals surface area contributed by atoms with Crippen LogP contribution >= 0.6 is 12.4 Å². The minimum Gasteiger partial charge on any atom is -0.323 e. The molecule has 0 aliphatic heterocycles. The summed E-state index contributed by atoms with van der Waals surface area (Å²) >= 11 is 0. The molecule has 0 amide bonds.